The molecule has 0 aromatic heterocycles. The summed E-state index contributed by atoms with van der Waals surface area (Å²) in [7, 11) is 0. The highest BCUT2D eigenvalue weighted by Crippen LogP contribution is 2.13. The monoisotopic (exact) mass is 294 g/mol. The number of benzene rings is 1. The topological polar surface area (TPSA) is 0 Å². The molecule has 66 valence electrons. The fourth-order valence-corrected chi connectivity index (χ4v) is 2.25. The number of aryl methyl sites for hydroxylation is 2. The highest BCUT2D eigenvalue weighted by Gasteiger charge is 1.95. The highest BCUT2D eigenvalue weighted by molar-refractivity contribution is 14.1. The fourth-order valence-electron chi connectivity index (χ4n) is 1.23. The Balaban J connectivity index is 2.72. The second-order valence-corrected chi connectivity index (χ2v) is 4.55. The molecule has 0 bridgehead atoms. The molecular weight excluding hydrogens is 282 g/mol. The predicted octanol–water partition coefficient (Wildman–Crippen LogP) is 3.77. The first kappa shape index (κ1) is 10.3. The third-order valence-corrected chi connectivity index (χ3v) is 2.59. The van der Waals surface area contributed by atoms with Gasteiger partial charge in [0.15, 0.2) is 0 Å². The average Bonchev–Trinajstić information content (AvgIpc) is 1.99. The van der Waals surface area contributed by atoms with Crippen molar-refractivity contribution >= 4 is 34.2 Å². The zero-order valence-corrected chi connectivity index (χ0v) is 10.0. The van der Waals surface area contributed by atoms with Crippen molar-refractivity contribution in [3.8, 4) is 0 Å². The van der Waals surface area contributed by atoms with Crippen LogP contribution in [-0.4, -0.2) is 5.88 Å². The first-order valence-corrected chi connectivity index (χ1v) is 5.66. The van der Waals surface area contributed by atoms with E-state index in [0.29, 0.717) is 0 Å². The minimum atomic E-state index is 0.754. The number of rotatable bonds is 3. The summed E-state index contributed by atoms with van der Waals surface area (Å²) in [6.45, 7) is 2.13. The van der Waals surface area contributed by atoms with E-state index in [2.05, 4.69) is 47.7 Å². The van der Waals surface area contributed by atoms with Gasteiger partial charge in [0.1, 0.15) is 0 Å². The van der Waals surface area contributed by atoms with Gasteiger partial charge in [0, 0.05) is 9.45 Å². The van der Waals surface area contributed by atoms with Crippen LogP contribution in [0.2, 0.25) is 0 Å². The van der Waals surface area contributed by atoms with Gasteiger partial charge < -0.3 is 0 Å². The Morgan fingerprint density at radius 1 is 1.33 bits per heavy atom. The van der Waals surface area contributed by atoms with Crippen LogP contribution in [0, 0.1) is 10.5 Å². The van der Waals surface area contributed by atoms with Crippen molar-refractivity contribution in [2.24, 2.45) is 0 Å². The minimum absolute atomic E-state index is 0.754. The van der Waals surface area contributed by atoms with Gasteiger partial charge in [-0.25, -0.2) is 0 Å². The molecule has 0 N–H and O–H groups in total. The van der Waals surface area contributed by atoms with Crippen LogP contribution in [0.1, 0.15) is 17.5 Å². The second kappa shape index (κ2) is 5.07. The van der Waals surface area contributed by atoms with E-state index in [1.807, 2.05) is 0 Å². The lowest BCUT2D eigenvalue weighted by Gasteiger charge is -2.02. The van der Waals surface area contributed by atoms with Gasteiger partial charge >= 0.3 is 0 Å². The van der Waals surface area contributed by atoms with Gasteiger partial charge in [0.2, 0.25) is 0 Å². The van der Waals surface area contributed by atoms with Gasteiger partial charge in [-0.1, -0.05) is 6.07 Å². The summed E-state index contributed by atoms with van der Waals surface area (Å²) >= 11 is 7.98. The molecule has 0 aliphatic carbocycles. The van der Waals surface area contributed by atoms with E-state index >= 15 is 0 Å². The van der Waals surface area contributed by atoms with Gasteiger partial charge in [0.25, 0.3) is 0 Å². The van der Waals surface area contributed by atoms with Crippen LogP contribution in [0.25, 0.3) is 0 Å². The molecule has 0 aliphatic heterocycles. The van der Waals surface area contributed by atoms with Crippen molar-refractivity contribution in [3.05, 3.63) is 32.9 Å². The minimum Gasteiger partial charge on any atom is -0.127 e. The van der Waals surface area contributed by atoms with Crippen molar-refractivity contribution in [3.63, 3.8) is 0 Å². The average molecular weight is 295 g/mol. The second-order valence-electron chi connectivity index (χ2n) is 2.93. The largest absolute Gasteiger partial charge is 0.127 e. The number of hydrogen-bond acceptors (Lipinski definition) is 0. The van der Waals surface area contributed by atoms with E-state index < -0.39 is 0 Å². The summed E-state index contributed by atoms with van der Waals surface area (Å²) in [5, 5.41) is 0. The van der Waals surface area contributed by atoms with Gasteiger partial charge in [-0.05, 0) is 65.6 Å². The van der Waals surface area contributed by atoms with E-state index in [1.165, 1.54) is 14.7 Å². The standard InChI is InChI=1S/C10H12ClI/c1-8-5-9(3-2-4-11)7-10(12)6-8/h5-7H,2-4H2,1H3. The van der Waals surface area contributed by atoms with Crippen molar-refractivity contribution in [1.29, 1.82) is 0 Å². The summed E-state index contributed by atoms with van der Waals surface area (Å²) in [5.41, 5.74) is 2.74. The van der Waals surface area contributed by atoms with Crippen molar-refractivity contribution in [2.45, 2.75) is 19.8 Å². The molecule has 1 aromatic rings. The van der Waals surface area contributed by atoms with E-state index in [0.717, 1.165) is 18.7 Å². The van der Waals surface area contributed by atoms with Crippen LogP contribution < -0.4 is 0 Å². The number of halogens is 2. The zero-order valence-electron chi connectivity index (χ0n) is 7.11. The summed E-state index contributed by atoms with van der Waals surface area (Å²) in [5.74, 6) is 0.754. The first-order chi connectivity index (χ1) is 5.72. The lowest BCUT2D eigenvalue weighted by atomic mass is 10.1. The van der Waals surface area contributed by atoms with Gasteiger partial charge in [-0.2, -0.15) is 0 Å². The number of alkyl halides is 1. The summed E-state index contributed by atoms with van der Waals surface area (Å²) in [6.07, 6.45) is 2.17. The summed E-state index contributed by atoms with van der Waals surface area (Å²) < 4.78 is 1.32. The van der Waals surface area contributed by atoms with E-state index in [-0.39, 0.29) is 0 Å². The molecule has 0 amide bonds. The SMILES string of the molecule is Cc1cc(I)cc(CCCCl)c1. The third kappa shape index (κ3) is 3.31. The molecular formula is C10H12ClI. The van der Waals surface area contributed by atoms with Gasteiger partial charge in [0.05, 0.1) is 0 Å². The third-order valence-electron chi connectivity index (χ3n) is 1.70. The van der Waals surface area contributed by atoms with Gasteiger partial charge in [-0.15, -0.1) is 11.6 Å². The van der Waals surface area contributed by atoms with Crippen LogP contribution >= 0.6 is 34.2 Å². The van der Waals surface area contributed by atoms with Crippen molar-refractivity contribution in [2.75, 3.05) is 5.88 Å². The van der Waals surface area contributed by atoms with Crippen molar-refractivity contribution < 1.29 is 0 Å². The molecule has 1 aromatic carbocycles. The Labute approximate surface area is 92.5 Å². The first-order valence-electron chi connectivity index (χ1n) is 4.04. The smallest absolute Gasteiger partial charge is 0.0226 e. The maximum absolute atomic E-state index is 5.63. The highest BCUT2D eigenvalue weighted by atomic mass is 127. The molecule has 0 fully saturated rings. The molecule has 0 nitrogen and oxygen atoms in total. The molecule has 0 spiro atoms. The van der Waals surface area contributed by atoms with Crippen LogP contribution in [0.3, 0.4) is 0 Å². The van der Waals surface area contributed by atoms with E-state index in [1.54, 1.807) is 0 Å². The Morgan fingerprint density at radius 2 is 2.08 bits per heavy atom. The van der Waals surface area contributed by atoms with Gasteiger partial charge in [-0.3, -0.25) is 0 Å². The van der Waals surface area contributed by atoms with Crippen LogP contribution in [0.5, 0.6) is 0 Å². The Kier molecular flexibility index (Phi) is 4.36. The molecule has 0 aliphatic rings. The molecule has 0 atom stereocenters. The predicted molar refractivity (Wildman–Crippen MR) is 62.9 cm³/mol. The Morgan fingerprint density at radius 3 is 2.67 bits per heavy atom. The van der Waals surface area contributed by atoms with E-state index in [4.69, 9.17) is 11.6 Å². The molecule has 0 unspecified atom stereocenters. The molecule has 1 rings (SSSR count). The number of hydrogen-bond donors (Lipinski definition) is 0. The summed E-state index contributed by atoms with van der Waals surface area (Å²) in [6, 6.07) is 6.64. The van der Waals surface area contributed by atoms with Crippen LogP contribution in [-0.2, 0) is 6.42 Å². The summed E-state index contributed by atoms with van der Waals surface area (Å²) in [4.78, 5) is 0. The fraction of sp³-hybridized carbons (Fsp3) is 0.400. The van der Waals surface area contributed by atoms with Crippen LogP contribution in [0.4, 0.5) is 0 Å². The van der Waals surface area contributed by atoms with Crippen molar-refractivity contribution in [1.82, 2.24) is 0 Å². The molecule has 0 radical (unpaired) electrons. The Hall–Kier alpha value is 0.240. The lowest BCUT2D eigenvalue weighted by Crippen LogP contribution is -1.88. The Bertz CT molecular complexity index is 238. The molecule has 0 heterocycles. The molecule has 0 saturated carbocycles. The normalized spacial score (nSPS) is 10.2. The molecule has 0 saturated heterocycles. The maximum atomic E-state index is 5.63. The molecule has 2 heteroatoms. The van der Waals surface area contributed by atoms with E-state index in [9.17, 15) is 0 Å². The maximum Gasteiger partial charge on any atom is 0.0226 e. The van der Waals surface area contributed by atoms with Crippen LogP contribution in [0.15, 0.2) is 18.2 Å². The molecule has 12 heavy (non-hydrogen) atoms. The quantitative estimate of drug-likeness (QED) is 0.588. The zero-order chi connectivity index (χ0) is 8.97. The lowest BCUT2D eigenvalue weighted by molar-refractivity contribution is 0.926.